The van der Waals surface area contributed by atoms with E-state index in [4.69, 9.17) is 0 Å². The number of nitrogens with one attached hydrogen (secondary N) is 2. The molecule has 0 aromatic carbocycles. The minimum atomic E-state index is -0.0406. The third kappa shape index (κ3) is 2.27. The lowest BCUT2D eigenvalue weighted by Gasteiger charge is -2.08. The fraction of sp³-hybridized carbons (Fsp3) is 0.692. The first-order valence-electron chi connectivity index (χ1n) is 6.90. The van der Waals surface area contributed by atoms with Crippen LogP contribution in [0.2, 0.25) is 0 Å². The van der Waals surface area contributed by atoms with Crippen LogP contribution in [0.25, 0.3) is 0 Å². The zero-order chi connectivity index (χ0) is 12.5. The summed E-state index contributed by atoms with van der Waals surface area (Å²) < 4.78 is 2.01. The molecule has 1 aliphatic heterocycles. The van der Waals surface area contributed by atoms with E-state index in [2.05, 4.69) is 22.7 Å². The van der Waals surface area contributed by atoms with E-state index >= 15 is 0 Å². The Morgan fingerprint density at radius 2 is 2.39 bits per heavy atom. The lowest BCUT2D eigenvalue weighted by molar-refractivity contribution is -0.117. The molecule has 2 heterocycles. The molecule has 2 fully saturated rings. The summed E-state index contributed by atoms with van der Waals surface area (Å²) in [5.41, 5.74) is 1.27. The summed E-state index contributed by atoms with van der Waals surface area (Å²) in [5.74, 6) is 1.42. The van der Waals surface area contributed by atoms with Gasteiger partial charge in [0.2, 0.25) is 5.91 Å². The molecule has 1 aliphatic carbocycles. The Balaban J connectivity index is 1.70. The first-order chi connectivity index (χ1) is 8.78. The van der Waals surface area contributed by atoms with Crippen LogP contribution in [0.15, 0.2) is 6.07 Å². The Morgan fingerprint density at radius 3 is 3.00 bits per heavy atom. The second-order valence-electron chi connectivity index (χ2n) is 5.18. The lowest BCUT2D eigenvalue weighted by Crippen LogP contribution is -2.35. The fourth-order valence-electron chi connectivity index (χ4n) is 2.57. The zero-order valence-electron chi connectivity index (χ0n) is 10.8. The van der Waals surface area contributed by atoms with Gasteiger partial charge in [0, 0.05) is 24.2 Å². The van der Waals surface area contributed by atoms with E-state index in [1.165, 1.54) is 18.5 Å². The van der Waals surface area contributed by atoms with Crippen LogP contribution >= 0.6 is 0 Å². The summed E-state index contributed by atoms with van der Waals surface area (Å²) >= 11 is 0. The number of hydrogen-bond acceptors (Lipinski definition) is 3. The molecule has 18 heavy (non-hydrogen) atoms. The highest BCUT2D eigenvalue weighted by atomic mass is 16.2. The van der Waals surface area contributed by atoms with Crippen molar-refractivity contribution < 1.29 is 4.79 Å². The largest absolute Gasteiger partial charge is 0.308 e. The van der Waals surface area contributed by atoms with Crippen LogP contribution in [0.5, 0.6) is 0 Å². The summed E-state index contributed by atoms with van der Waals surface area (Å²) in [5, 5.41) is 10.6. The van der Waals surface area contributed by atoms with E-state index in [0.717, 1.165) is 25.9 Å². The van der Waals surface area contributed by atoms with E-state index in [0.29, 0.717) is 11.7 Å². The van der Waals surface area contributed by atoms with Gasteiger partial charge in [0.25, 0.3) is 0 Å². The number of hydrogen-bond donors (Lipinski definition) is 2. The van der Waals surface area contributed by atoms with Crippen molar-refractivity contribution in [1.82, 2.24) is 15.1 Å². The minimum Gasteiger partial charge on any atom is -0.308 e. The standard InChI is InChI=1S/C13H20N4O/c1-2-17-11(9-5-6-9)8-12(16-17)15-13(18)10-4-3-7-14-10/h8-10,14H,2-7H2,1H3,(H,15,16,18). The van der Waals surface area contributed by atoms with Gasteiger partial charge in [-0.15, -0.1) is 0 Å². The molecule has 5 nitrogen and oxygen atoms in total. The van der Waals surface area contributed by atoms with Gasteiger partial charge < -0.3 is 10.6 Å². The van der Waals surface area contributed by atoms with Crippen LogP contribution in [0.4, 0.5) is 5.82 Å². The first kappa shape index (κ1) is 11.7. The molecule has 1 atom stereocenters. The van der Waals surface area contributed by atoms with Gasteiger partial charge >= 0.3 is 0 Å². The first-order valence-corrected chi connectivity index (χ1v) is 6.90. The van der Waals surface area contributed by atoms with E-state index in [1.807, 2.05) is 10.7 Å². The van der Waals surface area contributed by atoms with Gasteiger partial charge in [0.05, 0.1) is 6.04 Å². The molecule has 3 rings (SSSR count). The summed E-state index contributed by atoms with van der Waals surface area (Å²) in [6.07, 6.45) is 4.51. The highest BCUT2D eigenvalue weighted by Crippen LogP contribution is 2.40. The van der Waals surface area contributed by atoms with Crippen LogP contribution in [-0.2, 0) is 11.3 Å². The minimum absolute atomic E-state index is 0.0406. The van der Waals surface area contributed by atoms with Gasteiger partial charge in [-0.3, -0.25) is 9.48 Å². The highest BCUT2D eigenvalue weighted by molar-refractivity contribution is 5.94. The molecule has 0 spiro atoms. The molecule has 1 saturated heterocycles. The summed E-state index contributed by atoms with van der Waals surface area (Å²) in [6, 6.07) is 2.00. The van der Waals surface area contributed by atoms with Gasteiger partial charge in [0.1, 0.15) is 0 Å². The maximum absolute atomic E-state index is 12.0. The second kappa shape index (κ2) is 4.72. The second-order valence-corrected chi connectivity index (χ2v) is 5.18. The smallest absolute Gasteiger partial charge is 0.242 e. The van der Waals surface area contributed by atoms with E-state index in [1.54, 1.807) is 0 Å². The van der Waals surface area contributed by atoms with Gasteiger partial charge in [-0.25, -0.2) is 0 Å². The SMILES string of the molecule is CCn1nc(NC(=O)C2CCCN2)cc1C1CC1. The van der Waals surface area contributed by atoms with E-state index in [-0.39, 0.29) is 11.9 Å². The predicted octanol–water partition coefficient (Wildman–Crippen LogP) is 1.47. The number of carbonyl (C=O) groups excluding carboxylic acids is 1. The molecule has 2 aliphatic rings. The van der Waals surface area contributed by atoms with Crippen molar-refractivity contribution in [2.45, 2.75) is 51.1 Å². The number of amides is 1. The molecule has 0 bridgehead atoms. The lowest BCUT2D eigenvalue weighted by atomic mass is 10.2. The molecule has 1 aromatic rings. The molecule has 1 amide bonds. The normalized spacial score (nSPS) is 23.3. The molecule has 1 aromatic heterocycles. The Labute approximate surface area is 107 Å². The molecule has 5 heteroatoms. The molecular formula is C13H20N4O. The van der Waals surface area contributed by atoms with Crippen molar-refractivity contribution in [2.75, 3.05) is 11.9 Å². The molecule has 1 saturated carbocycles. The molecule has 98 valence electrons. The molecule has 2 N–H and O–H groups in total. The average molecular weight is 248 g/mol. The Morgan fingerprint density at radius 1 is 1.56 bits per heavy atom. The van der Waals surface area contributed by atoms with Gasteiger partial charge in [0.15, 0.2) is 5.82 Å². The monoisotopic (exact) mass is 248 g/mol. The number of anilines is 1. The number of nitrogens with zero attached hydrogens (tertiary/aromatic N) is 2. The molecular weight excluding hydrogens is 228 g/mol. The van der Waals surface area contributed by atoms with Gasteiger partial charge in [-0.05, 0) is 39.2 Å². The van der Waals surface area contributed by atoms with Crippen LogP contribution in [0, 0.1) is 0 Å². The van der Waals surface area contributed by atoms with Gasteiger partial charge in [-0.2, -0.15) is 5.10 Å². The van der Waals surface area contributed by atoms with Crippen molar-refractivity contribution in [3.8, 4) is 0 Å². The van der Waals surface area contributed by atoms with Gasteiger partial charge in [-0.1, -0.05) is 0 Å². The maximum atomic E-state index is 12.0. The quantitative estimate of drug-likeness (QED) is 0.848. The maximum Gasteiger partial charge on any atom is 0.242 e. The summed E-state index contributed by atoms with van der Waals surface area (Å²) in [7, 11) is 0. The fourth-order valence-corrected chi connectivity index (χ4v) is 2.57. The average Bonchev–Trinajstić information content (AvgIpc) is 2.93. The van der Waals surface area contributed by atoms with Crippen LogP contribution in [-0.4, -0.2) is 28.3 Å². The Bertz CT molecular complexity index is 444. The number of rotatable bonds is 4. The van der Waals surface area contributed by atoms with Crippen molar-refractivity contribution in [3.05, 3.63) is 11.8 Å². The van der Waals surface area contributed by atoms with E-state index in [9.17, 15) is 4.79 Å². The predicted molar refractivity (Wildman–Crippen MR) is 69.5 cm³/mol. The topological polar surface area (TPSA) is 59.0 Å². The number of aromatic nitrogens is 2. The number of aryl methyl sites for hydroxylation is 1. The summed E-state index contributed by atoms with van der Waals surface area (Å²) in [6.45, 7) is 3.89. The third-order valence-corrected chi connectivity index (χ3v) is 3.73. The van der Waals surface area contributed by atoms with Crippen molar-refractivity contribution in [2.24, 2.45) is 0 Å². The number of carbonyl (C=O) groups is 1. The zero-order valence-corrected chi connectivity index (χ0v) is 10.8. The van der Waals surface area contributed by atoms with Crippen LogP contribution in [0.3, 0.4) is 0 Å². The van der Waals surface area contributed by atoms with Crippen molar-refractivity contribution >= 4 is 11.7 Å². The van der Waals surface area contributed by atoms with Crippen molar-refractivity contribution in [3.63, 3.8) is 0 Å². The molecule has 1 unspecified atom stereocenters. The third-order valence-electron chi connectivity index (χ3n) is 3.73. The Hall–Kier alpha value is -1.36. The summed E-state index contributed by atoms with van der Waals surface area (Å²) in [4.78, 5) is 12.0. The molecule has 0 radical (unpaired) electrons. The Kier molecular flexibility index (Phi) is 3.07. The van der Waals surface area contributed by atoms with Crippen LogP contribution in [0.1, 0.15) is 44.2 Å². The van der Waals surface area contributed by atoms with E-state index < -0.39 is 0 Å². The van der Waals surface area contributed by atoms with Crippen LogP contribution < -0.4 is 10.6 Å². The highest BCUT2D eigenvalue weighted by Gasteiger charge is 2.29. The van der Waals surface area contributed by atoms with Crippen molar-refractivity contribution in [1.29, 1.82) is 0 Å².